The molecule has 0 aliphatic carbocycles. The third kappa shape index (κ3) is 7.41. The van der Waals surface area contributed by atoms with Crippen molar-refractivity contribution >= 4 is 11.9 Å². The Morgan fingerprint density at radius 1 is 1.27 bits per heavy atom. The van der Waals surface area contributed by atoms with Gasteiger partial charge in [0.15, 0.2) is 0 Å². The Bertz CT molecular complexity index is 643. The van der Waals surface area contributed by atoms with Gasteiger partial charge in [0.2, 0.25) is 5.91 Å². The molecule has 1 aromatic carbocycles. The topological polar surface area (TPSA) is 59.1 Å². The molecule has 6 nitrogen and oxygen atoms in total. The van der Waals surface area contributed by atoms with Gasteiger partial charge in [-0.2, -0.15) is 0 Å². The van der Waals surface area contributed by atoms with Gasteiger partial charge in [-0.15, -0.1) is 0 Å². The molecule has 1 heterocycles. The van der Waals surface area contributed by atoms with Crippen LogP contribution in [0.4, 0.5) is 0 Å². The van der Waals surface area contributed by atoms with Crippen molar-refractivity contribution in [2.75, 3.05) is 33.9 Å². The van der Waals surface area contributed by atoms with Crippen molar-refractivity contribution < 1.29 is 68.7 Å². The Hall–Kier alpha value is -0.854. The number of rotatable bonds is 6. The van der Waals surface area contributed by atoms with E-state index in [1.54, 1.807) is 24.3 Å². The maximum absolute atomic E-state index is 12.0. The third-order valence-corrected chi connectivity index (χ3v) is 3.74. The van der Waals surface area contributed by atoms with E-state index in [4.69, 9.17) is 4.74 Å². The quantitative estimate of drug-likeness (QED) is 0.274. The van der Waals surface area contributed by atoms with Crippen molar-refractivity contribution in [2.24, 2.45) is 0 Å². The van der Waals surface area contributed by atoms with Gasteiger partial charge >= 0.3 is 5.97 Å². The zero-order chi connectivity index (χ0) is 17.4. The summed E-state index contributed by atoms with van der Waals surface area (Å²) in [4.78, 5) is 23.4. The van der Waals surface area contributed by atoms with Gasteiger partial charge in [-0.3, -0.25) is 15.7 Å². The average Bonchev–Trinajstić information content (AvgIpc) is 2.96. The Balaban J connectivity index is 0.00000312. The number of nitrogens with zero attached hydrogens (tertiary/aromatic N) is 2. The summed E-state index contributed by atoms with van der Waals surface area (Å²) in [5.74, 6) is 5.48. The predicted molar refractivity (Wildman–Crippen MR) is 88.5 cm³/mol. The molecule has 0 saturated carbocycles. The first-order valence-electron chi connectivity index (χ1n) is 7.71. The van der Waals surface area contributed by atoms with Gasteiger partial charge in [-0.1, -0.05) is 18.7 Å². The second-order valence-electron chi connectivity index (χ2n) is 5.27. The smallest absolute Gasteiger partial charge is 0.337 e. The van der Waals surface area contributed by atoms with Crippen LogP contribution in [0.15, 0.2) is 24.3 Å². The van der Waals surface area contributed by atoms with E-state index >= 15 is 0 Å². The van der Waals surface area contributed by atoms with Crippen molar-refractivity contribution in [2.45, 2.75) is 12.8 Å². The number of carbonyl (C=O) groups is 2. The fourth-order valence-corrected chi connectivity index (χ4v) is 2.46. The van der Waals surface area contributed by atoms with E-state index in [-0.39, 0.29) is 61.5 Å². The van der Waals surface area contributed by atoms with E-state index in [0.717, 1.165) is 5.56 Å². The number of benzene rings is 1. The van der Waals surface area contributed by atoms with E-state index < -0.39 is 0 Å². The van der Waals surface area contributed by atoms with E-state index in [1.807, 2.05) is 17.1 Å². The van der Waals surface area contributed by atoms with Crippen LogP contribution >= 0.6 is 0 Å². The molecule has 1 fully saturated rings. The number of ether oxygens (including phenoxy) is 2. The van der Waals surface area contributed by atoms with Gasteiger partial charge in [-0.05, 0) is 30.7 Å². The number of amides is 1. The maximum atomic E-state index is 12.0. The first-order chi connectivity index (χ1) is 11.7. The molecule has 1 amide bonds. The molecule has 0 N–H and O–H groups in total. The number of esters is 1. The van der Waals surface area contributed by atoms with E-state index in [0.29, 0.717) is 38.0 Å². The molecule has 1 aromatic rings. The summed E-state index contributed by atoms with van der Waals surface area (Å²) in [7, 11) is 2.91. The molecule has 0 atom stereocenters. The summed E-state index contributed by atoms with van der Waals surface area (Å²) < 4.78 is 9.44. The Morgan fingerprint density at radius 2 is 1.96 bits per heavy atom. The number of hydrogen-bond donors (Lipinski definition) is 0. The molecule has 0 spiro atoms. The summed E-state index contributed by atoms with van der Waals surface area (Å²) in [5.41, 5.74) is 1.57. The van der Waals surface area contributed by atoms with Crippen LogP contribution < -0.4 is 0 Å². The SMILES string of the molecule is CO[CH-]C#CCN1CCC(=O)N1CCc1ccc(C(=O)OC)cc1.[U].[V]. The van der Waals surface area contributed by atoms with Gasteiger partial charge in [0, 0.05) is 76.3 Å². The second-order valence-corrected chi connectivity index (χ2v) is 5.27. The summed E-state index contributed by atoms with van der Waals surface area (Å²) in [6, 6.07) is 7.22. The van der Waals surface area contributed by atoms with Crippen molar-refractivity contribution in [1.82, 2.24) is 10.0 Å². The van der Waals surface area contributed by atoms with E-state index in [9.17, 15) is 9.59 Å². The minimum atomic E-state index is -0.353. The van der Waals surface area contributed by atoms with Gasteiger partial charge in [0.1, 0.15) is 0 Å². The van der Waals surface area contributed by atoms with Crippen LogP contribution in [0.5, 0.6) is 0 Å². The molecule has 137 valence electrons. The van der Waals surface area contributed by atoms with Crippen LogP contribution in [-0.4, -0.2) is 55.7 Å². The third-order valence-electron chi connectivity index (χ3n) is 3.74. The minimum absolute atomic E-state index is 0. The molecule has 1 radical (unpaired) electrons. The van der Waals surface area contributed by atoms with Crippen molar-refractivity contribution in [3.05, 3.63) is 42.0 Å². The second kappa shape index (κ2) is 13.3. The van der Waals surface area contributed by atoms with Crippen molar-refractivity contribution in [3.8, 4) is 11.8 Å². The summed E-state index contributed by atoms with van der Waals surface area (Å²) in [6.45, 7) is 3.19. The van der Waals surface area contributed by atoms with Gasteiger partial charge < -0.3 is 15.4 Å². The normalized spacial score (nSPS) is 13.2. The number of hydrogen-bond acceptors (Lipinski definition) is 5. The maximum Gasteiger partial charge on any atom is 0.337 e. The van der Waals surface area contributed by atoms with E-state index in [2.05, 4.69) is 16.6 Å². The Kier molecular flexibility index (Phi) is 12.9. The molecule has 0 bridgehead atoms. The summed E-state index contributed by atoms with van der Waals surface area (Å²) in [5, 5.41) is 3.69. The van der Waals surface area contributed by atoms with Gasteiger partial charge in [0.25, 0.3) is 0 Å². The molecule has 26 heavy (non-hydrogen) atoms. The summed E-state index contributed by atoms with van der Waals surface area (Å²) in [6.07, 6.45) is 1.22. The molecule has 2 rings (SSSR count). The fourth-order valence-electron chi connectivity index (χ4n) is 2.46. The predicted octanol–water partition coefficient (Wildman–Crippen LogP) is 1.27. The Labute approximate surface area is 190 Å². The largest absolute Gasteiger partial charge is 0.465 e. The minimum Gasteiger partial charge on any atom is -0.465 e. The molecular weight excluding hydrogens is 597 g/mol. The van der Waals surface area contributed by atoms with Crippen molar-refractivity contribution in [3.63, 3.8) is 0 Å². The summed E-state index contributed by atoms with van der Waals surface area (Å²) >= 11 is 0. The fraction of sp³-hybridized carbons (Fsp3) is 0.389. The zero-order valence-corrected chi connectivity index (χ0v) is 20.5. The van der Waals surface area contributed by atoms with E-state index in [1.165, 1.54) is 13.7 Å². The molecule has 1 aliphatic rings. The standard InChI is InChI=1S/C18H21N2O4.U.V/c1-23-14-4-3-11-19-12-10-17(21)20(19)13-9-15-5-7-16(8-6-15)18(22)24-2;;/h5-8,14H,9-13H2,1-2H3;;/q-1;;. The van der Waals surface area contributed by atoms with Gasteiger partial charge in [0.05, 0.1) is 12.7 Å². The molecule has 1 saturated heterocycles. The molecule has 0 unspecified atom stereocenters. The van der Waals surface area contributed by atoms with Crippen LogP contribution in [0.25, 0.3) is 0 Å². The van der Waals surface area contributed by atoms with Gasteiger partial charge in [-0.25, -0.2) is 9.80 Å². The first kappa shape index (κ1) is 25.1. The van der Waals surface area contributed by atoms with Crippen molar-refractivity contribution in [1.29, 1.82) is 0 Å². The molecule has 0 aromatic heterocycles. The molecular formula is C18H21N2O4UV-. The monoisotopic (exact) mass is 618 g/mol. The van der Waals surface area contributed by atoms with Crippen LogP contribution in [0.2, 0.25) is 0 Å². The van der Waals surface area contributed by atoms with Crippen LogP contribution in [0.3, 0.4) is 0 Å². The first-order valence-corrected chi connectivity index (χ1v) is 7.71. The number of methoxy groups -OCH3 is 2. The van der Waals surface area contributed by atoms with Crippen LogP contribution in [-0.2, 0) is 39.2 Å². The zero-order valence-electron chi connectivity index (χ0n) is 14.9. The number of carbonyl (C=O) groups excluding carboxylic acids is 2. The molecule has 1 aliphatic heterocycles. The van der Waals surface area contributed by atoms with Crippen LogP contribution in [0, 0.1) is 49.6 Å². The molecule has 8 heteroatoms. The Morgan fingerprint density at radius 3 is 2.58 bits per heavy atom. The van der Waals surface area contributed by atoms with Crippen LogP contribution in [0.1, 0.15) is 22.3 Å². The number of hydrazine groups is 1. The average molecular weight is 618 g/mol.